The number of fused-ring (bicyclic) bond motifs is 1. The number of carbonyl (C=O) groups is 1. The van der Waals surface area contributed by atoms with Crippen LogP contribution in [-0.4, -0.2) is 40.5 Å². The van der Waals surface area contributed by atoms with Crippen molar-refractivity contribution in [3.63, 3.8) is 0 Å². The van der Waals surface area contributed by atoms with E-state index in [1.807, 2.05) is 18.2 Å². The first-order chi connectivity index (χ1) is 17.3. The summed E-state index contributed by atoms with van der Waals surface area (Å²) < 4.78 is 10.8. The summed E-state index contributed by atoms with van der Waals surface area (Å²) in [6, 6.07) is 7.44. The molecule has 0 bridgehead atoms. The van der Waals surface area contributed by atoms with E-state index in [9.17, 15) is 4.79 Å². The first-order valence-corrected chi connectivity index (χ1v) is 12.7. The topological polar surface area (TPSA) is 98.3 Å². The summed E-state index contributed by atoms with van der Waals surface area (Å²) in [5, 5.41) is 7.42. The van der Waals surface area contributed by atoms with Crippen molar-refractivity contribution in [1.29, 1.82) is 0 Å². The number of ether oxygens (including phenoxy) is 2. The van der Waals surface area contributed by atoms with Crippen LogP contribution in [0.2, 0.25) is 5.02 Å². The van der Waals surface area contributed by atoms with Gasteiger partial charge in [0.2, 0.25) is 5.95 Å². The van der Waals surface area contributed by atoms with Gasteiger partial charge in [-0.25, -0.2) is 9.97 Å². The number of pyridine rings is 1. The first-order valence-electron chi connectivity index (χ1n) is 12.3. The highest BCUT2D eigenvalue weighted by atomic mass is 35.5. The highest BCUT2D eigenvalue weighted by Crippen LogP contribution is 2.31. The molecule has 0 aliphatic rings. The van der Waals surface area contributed by atoms with Gasteiger partial charge in [0.15, 0.2) is 5.82 Å². The number of ketones is 1. The SMILES string of the molecule is CCCCC[C@](C)(CCC(C)=O)Nc1nc(NCc2ccc(OC)cc2OC)nc2cc(Cl)cnc12. The molecule has 8 nitrogen and oxygen atoms in total. The number of rotatable bonds is 14. The van der Waals surface area contributed by atoms with Crippen LogP contribution in [-0.2, 0) is 11.3 Å². The van der Waals surface area contributed by atoms with Crippen LogP contribution in [0.1, 0.15) is 64.9 Å². The fourth-order valence-corrected chi connectivity index (χ4v) is 4.24. The monoisotopic (exact) mass is 513 g/mol. The summed E-state index contributed by atoms with van der Waals surface area (Å²) in [6.45, 7) is 6.41. The van der Waals surface area contributed by atoms with E-state index in [2.05, 4.69) is 34.4 Å². The second-order valence-corrected chi connectivity index (χ2v) is 9.73. The molecule has 1 aromatic carbocycles. The van der Waals surface area contributed by atoms with Crippen LogP contribution in [0, 0.1) is 0 Å². The zero-order valence-corrected chi connectivity index (χ0v) is 22.5. The zero-order valence-electron chi connectivity index (χ0n) is 21.8. The Morgan fingerprint density at radius 2 is 1.92 bits per heavy atom. The normalized spacial score (nSPS) is 12.7. The molecule has 0 amide bonds. The molecular formula is C27H36ClN5O3. The van der Waals surface area contributed by atoms with Gasteiger partial charge in [-0.05, 0) is 44.9 Å². The maximum Gasteiger partial charge on any atom is 0.225 e. The molecule has 0 saturated heterocycles. The minimum atomic E-state index is -0.320. The standard InChI is InChI=1S/C27H36ClN5O3/c1-6-7-8-12-27(3,13-11-18(2)34)33-25-24-22(14-20(28)17-29-24)31-26(32-25)30-16-19-9-10-21(35-4)15-23(19)36-5/h9-10,14-15,17H,6-8,11-13,16H2,1-5H3,(H2,30,31,32,33)/t27-/m1/s1. The maximum atomic E-state index is 11.8. The molecule has 0 aliphatic carbocycles. The van der Waals surface area contributed by atoms with Crippen molar-refractivity contribution in [3.05, 3.63) is 41.0 Å². The van der Waals surface area contributed by atoms with Crippen molar-refractivity contribution >= 4 is 40.2 Å². The number of anilines is 2. The van der Waals surface area contributed by atoms with Crippen molar-refractivity contribution in [2.45, 2.75) is 71.4 Å². The van der Waals surface area contributed by atoms with Crippen LogP contribution in [0.25, 0.3) is 11.0 Å². The summed E-state index contributed by atoms with van der Waals surface area (Å²) >= 11 is 6.24. The van der Waals surface area contributed by atoms with Crippen molar-refractivity contribution in [3.8, 4) is 11.5 Å². The largest absolute Gasteiger partial charge is 0.497 e. The number of methoxy groups -OCH3 is 2. The Kier molecular flexibility index (Phi) is 9.70. The third kappa shape index (κ3) is 7.43. The van der Waals surface area contributed by atoms with Gasteiger partial charge in [-0.3, -0.25) is 0 Å². The van der Waals surface area contributed by atoms with Crippen LogP contribution in [0.5, 0.6) is 11.5 Å². The number of nitrogens with zero attached hydrogens (tertiary/aromatic N) is 3. The van der Waals surface area contributed by atoms with E-state index in [0.29, 0.717) is 53.0 Å². The lowest BCUT2D eigenvalue weighted by atomic mass is 9.88. The summed E-state index contributed by atoms with van der Waals surface area (Å²) in [6.07, 6.45) is 7.03. The van der Waals surface area contributed by atoms with Crippen molar-refractivity contribution < 1.29 is 14.3 Å². The molecule has 0 fully saturated rings. The zero-order chi connectivity index (χ0) is 26.1. The summed E-state index contributed by atoms with van der Waals surface area (Å²) in [7, 11) is 3.25. The third-order valence-corrected chi connectivity index (χ3v) is 6.42. The average Bonchev–Trinajstić information content (AvgIpc) is 2.86. The number of benzene rings is 1. The van der Waals surface area contributed by atoms with Gasteiger partial charge in [0, 0.05) is 36.3 Å². The predicted molar refractivity (Wildman–Crippen MR) is 145 cm³/mol. The second-order valence-electron chi connectivity index (χ2n) is 9.29. The first kappa shape index (κ1) is 27.5. The van der Waals surface area contributed by atoms with Gasteiger partial charge >= 0.3 is 0 Å². The van der Waals surface area contributed by atoms with Gasteiger partial charge in [-0.15, -0.1) is 0 Å². The Balaban J connectivity index is 1.93. The minimum Gasteiger partial charge on any atom is -0.497 e. The Hall–Kier alpha value is -3.13. The van der Waals surface area contributed by atoms with Crippen molar-refractivity contribution in [2.75, 3.05) is 24.9 Å². The van der Waals surface area contributed by atoms with E-state index in [1.54, 1.807) is 33.4 Å². The maximum absolute atomic E-state index is 11.8. The Bertz CT molecular complexity index is 1190. The number of halogens is 1. The number of unbranched alkanes of at least 4 members (excludes halogenated alkanes) is 2. The molecule has 0 unspecified atom stereocenters. The fourth-order valence-electron chi connectivity index (χ4n) is 4.09. The average molecular weight is 514 g/mol. The van der Waals surface area contributed by atoms with Gasteiger partial charge in [0.05, 0.1) is 24.8 Å². The third-order valence-electron chi connectivity index (χ3n) is 6.21. The number of Topliss-reactive ketones (excluding diaryl/α,β-unsaturated/α-hetero) is 1. The van der Waals surface area contributed by atoms with Crippen LogP contribution >= 0.6 is 11.6 Å². The molecule has 3 aromatic rings. The van der Waals surface area contributed by atoms with E-state index in [1.165, 1.54) is 0 Å². The summed E-state index contributed by atoms with van der Waals surface area (Å²) in [5.41, 5.74) is 1.88. The highest BCUT2D eigenvalue weighted by molar-refractivity contribution is 6.31. The second kappa shape index (κ2) is 12.7. The molecule has 0 aliphatic heterocycles. The van der Waals surface area contributed by atoms with Crippen LogP contribution < -0.4 is 20.1 Å². The van der Waals surface area contributed by atoms with Crippen LogP contribution in [0.3, 0.4) is 0 Å². The van der Waals surface area contributed by atoms with Gasteiger partial charge in [0.1, 0.15) is 22.8 Å². The fraction of sp³-hybridized carbons (Fsp3) is 0.481. The van der Waals surface area contributed by atoms with Crippen LogP contribution in [0.15, 0.2) is 30.5 Å². The van der Waals surface area contributed by atoms with Gasteiger partial charge in [-0.1, -0.05) is 37.8 Å². The number of nitrogens with one attached hydrogen (secondary N) is 2. The number of aromatic nitrogens is 3. The minimum absolute atomic E-state index is 0.173. The lowest BCUT2D eigenvalue weighted by molar-refractivity contribution is -0.117. The Labute approximate surface area is 218 Å². The smallest absolute Gasteiger partial charge is 0.225 e. The number of hydrogen-bond acceptors (Lipinski definition) is 8. The van der Waals surface area contributed by atoms with E-state index in [-0.39, 0.29) is 11.3 Å². The molecule has 9 heteroatoms. The number of hydrogen-bond donors (Lipinski definition) is 2. The van der Waals surface area contributed by atoms with Gasteiger partial charge < -0.3 is 24.9 Å². The molecule has 0 spiro atoms. The van der Waals surface area contributed by atoms with Gasteiger partial charge in [-0.2, -0.15) is 4.98 Å². The quantitative estimate of drug-likeness (QED) is 0.238. The molecule has 2 N–H and O–H groups in total. The predicted octanol–water partition coefficient (Wildman–Crippen LogP) is 6.43. The van der Waals surface area contributed by atoms with Gasteiger partial charge in [0.25, 0.3) is 0 Å². The number of carbonyl (C=O) groups excluding carboxylic acids is 1. The lowest BCUT2D eigenvalue weighted by Gasteiger charge is -2.32. The molecule has 2 aromatic heterocycles. The Morgan fingerprint density at radius 3 is 2.61 bits per heavy atom. The molecule has 3 rings (SSSR count). The molecule has 2 heterocycles. The molecule has 36 heavy (non-hydrogen) atoms. The van der Waals surface area contributed by atoms with Crippen LogP contribution in [0.4, 0.5) is 11.8 Å². The molecular weight excluding hydrogens is 478 g/mol. The Morgan fingerprint density at radius 1 is 1.11 bits per heavy atom. The lowest BCUT2D eigenvalue weighted by Crippen LogP contribution is -2.36. The molecule has 0 radical (unpaired) electrons. The van der Waals surface area contributed by atoms with E-state index in [4.69, 9.17) is 26.1 Å². The highest BCUT2D eigenvalue weighted by Gasteiger charge is 2.26. The molecule has 1 atom stereocenters. The molecule has 0 saturated carbocycles. The van der Waals surface area contributed by atoms with Crippen molar-refractivity contribution in [1.82, 2.24) is 15.0 Å². The van der Waals surface area contributed by atoms with E-state index >= 15 is 0 Å². The van der Waals surface area contributed by atoms with Crippen molar-refractivity contribution in [2.24, 2.45) is 0 Å². The summed E-state index contributed by atoms with van der Waals surface area (Å²) in [4.78, 5) is 25.7. The van der Waals surface area contributed by atoms with E-state index < -0.39 is 0 Å². The molecule has 194 valence electrons. The van der Waals surface area contributed by atoms with E-state index in [0.717, 1.165) is 37.0 Å². The summed E-state index contributed by atoms with van der Waals surface area (Å²) in [5.74, 6) is 2.65.